The third-order valence-corrected chi connectivity index (χ3v) is 11.0. The summed E-state index contributed by atoms with van der Waals surface area (Å²) >= 11 is 0. The van der Waals surface area contributed by atoms with Gasteiger partial charge in [0.25, 0.3) is 0 Å². The number of rotatable bonds is 16. The molecule has 0 amide bonds. The van der Waals surface area contributed by atoms with E-state index < -0.39 is 124 Å². The molecule has 9 unspecified atom stereocenters. The molecule has 59 heavy (non-hydrogen) atoms. The van der Waals surface area contributed by atoms with Crippen molar-refractivity contribution in [3.63, 3.8) is 0 Å². The van der Waals surface area contributed by atoms with E-state index >= 15 is 0 Å². The number of ether oxygens (including phenoxy) is 9. The van der Waals surface area contributed by atoms with E-state index in [1.54, 1.807) is 12.1 Å². The van der Waals surface area contributed by atoms with E-state index in [2.05, 4.69) is 0 Å². The van der Waals surface area contributed by atoms with Gasteiger partial charge in [0.2, 0.25) is 6.29 Å². The monoisotopic (exact) mass is 846 g/mol. The number of hydrogen-bond acceptors (Lipinski definition) is 21. The van der Waals surface area contributed by atoms with E-state index in [0.717, 1.165) is 5.56 Å². The standard InChI is InChI=1S/C38H54O21/c1-51-20-10-16(33-18(11-40)17-8-15(4-3-7-39)9-21(52-2)34(17)58-33)5-6-19(20)54-38-35(59-37-32(50)29(47)26(44)23(13-42)56-37)30(48)27(45)24(57-38)14-53-36-31(49)28(46)25(43)22(12-41)55-36/h5-6,8-10,18,22-33,35-50H,3-4,7,11-14H2,1-2H3/t18-,22?,23?,24?,25-,26-,27-,28?,29?,30?,31?,32?,33+,35?,36-,37+,38-/m1/s1. The third-order valence-electron chi connectivity index (χ3n) is 11.0. The third kappa shape index (κ3) is 9.27. The highest BCUT2D eigenvalue weighted by atomic mass is 16.8. The van der Waals surface area contributed by atoms with Crippen molar-refractivity contribution in [2.24, 2.45) is 0 Å². The first-order valence-corrected chi connectivity index (χ1v) is 19.1. The smallest absolute Gasteiger partial charge is 0.229 e. The van der Waals surface area contributed by atoms with Crippen LogP contribution < -0.4 is 18.9 Å². The minimum Gasteiger partial charge on any atom is -0.493 e. The van der Waals surface area contributed by atoms with Gasteiger partial charge in [-0.05, 0) is 42.2 Å². The highest BCUT2D eigenvalue weighted by Gasteiger charge is 2.53. The minimum absolute atomic E-state index is 0.00118. The number of benzene rings is 2. The average molecular weight is 847 g/mol. The summed E-state index contributed by atoms with van der Waals surface area (Å²) in [5.41, 5.74) is 2.14. The van der Waals surface area contributed by atoms with Crippen molar-refractivity contribution in [3.05, 3.63) is 47.0 Å². The number of aliphatic hydroxyl groups excluding tert-OH is 12. The summed E-state index contributed by atoms with van der Waals surface area (Å²) in [7, 11) is 2.84. The van der Waals surface area contributed by atoms with Gasteiger partial charge in [-0.15, -0.1) is 0 Å². The topological polar surface area (TPSA) is 326 Å². The lowest BCUT2D eigenvalue weighted by Gasteiger charge is -2.46. The fraction of sp³-hybridized carbons (Fsp3) is 0.684. The highest BCUT2D eigenvalue weighted by molar-refractivity contribution is 5.56. The van der Waals surface area contributed by atoms with Crippen LogP contribution in [-0.2, 0) is 30.1 Å². The van der Waals surface area contributed by atoms with Crippen LogP contribution in [0.1, 0.15) is 35.1 Å². The van der Waals surface area contributed by atoms with Crippen molar-refractivity contribution in [2.45, 2.75) is 117 Å². The maximum atomic E-state index is 11.5. The quantitative estimate of drug-likeness (QED) is 0.0760. The molecule has 2 aromatic carbocycles. The number of methoxy groups -OCH3 is 2. The van der Waals surface area contributed by atoms with Gasteiger partial charge in [0.15, 0.2) is 41.7 Å². The fourth-order valence-corrected chi connectivity index (χ4v) is 7.63. The zero-order valence-electron chi connectivity index (χ0n) is 32.2. The molecule has 332 valence electrons. The number of aliphatic hydroxyl groups is 12. The lowest BCUT2D eigenvalue weighted by molar-refractivity contribution is -0.363. The number of hydrogen-bond donors (Lipinski definition) is 12. The Labute approximate surface area is 338 Å². The maximum Gasteiger partial charge on any atom is 0.229 e. The molecular weight excluding hydrogens is 792 g/mol. The van der Waals surface area contributed by atoms with Crippen LogP contribution in [0.5, 0.6) is 23.0 Å². The largest absolute Gasteiger partial charge is 0.493 e. The molecule has 4 aliphatic rings. The lowest BCUT2D eigenvalue weighted by atomic mass is 9.90. The normalized spacial score (nSPS) is 38.4. The summed E-state index contributed by atoms with van der Waals surface area (Å²) in [5, 5.41) is 124. The van der Waals surface area contributed by atoms with Crippen molar-refractivity contribution < 1.29 is 104 Å². The zero-order valence-corrected chi connectivity index (χ0v) is 32.2. The summed E-state index contributed by atoms with van der Waals surface area (Å²) in [6.45, 7) is -2.47. The summed E-state index contributed by atoms with van der Waals surface area (Å²) in [6.07, 6.45) is -25.3. The van der Waals surface area contributed by atoms with E-state index in [0.29, 0.717) is 35.5 Å². The Hall–Kier alpha value is -3.04. The van der Waals surface area contributed by atoms with Crippen LogP contribution in [0.3, 0.4) is 0 Å². The van der Waals surface area contributed by atoms with Crippen molar-refractivity contribution in [2.75, 3.05) is 47.3 Å². The van der Waals surface area contributed by atoms with Crippen LogP contribution in [0.2, 0.25) is 0 Å². The lowest BCUT2D eigenvalue weighted by Crippen LogP contribution is -2.65. The van der Waals surface area contributed by atoms with Gasteiger partial charge in [-0.1, -0.05) is 12.1 Å². The molecule has 0 spiro atoms. The molecule has 17 atom stereocenters. The predicted molar refractivity (Wildman–Crippen MR) is 194 cm³/mol. The first-order valence-electron chi connectivity index (χ1n) is 19.1. The summed E-state index contributed by atoms with van der Waals surface area (Å²) in [5.74, 6) is 0.439. The molecule has 3 fully saturated rings. The van der Waals surface area contributed by atoms with Gasteiger partial charge in [-0.25, -0.2) is 0 Å². The molecule has 3 saturated heterocycles. The Kier molecular flexibility index (Phi) is 15.2. The van der Waals surface area contributed by atoms with Crippen molar-refractivity contribution in [3.8, 4) is 23.0 Å². The molecule has 0 bridgehead atoms. The molecule has 4 aliphatic heterocycles. The Bertz CT molecular complexity index is 1660. The second-order valence-electron chi connectivity index (χ2n) is 14.8. The van der Waals surface area contributed by atoms with Gasteiger partial charge in [0, 0.05) is 12.2 Å². The molecule has 0 aromatic heterocycles. The summed E-state index contributed by atoms with van der Waals surface area (Å²) in [4.78, 5) is 0. The zero-order chi connectivity index (χ0) is 42.7. The van der Waals surface area contributed by atoms with E-state index in [1.165, 1.54) is 20.3 Å². The van der Waals surface area contributed by atoms with E-state index in [-0.39, 0.29) is 24.7 Å². The average Bonchev–Trinajstić information content (AvgIpc) is 3.62. The maximum absolute atomic E-state index is 11.5. The number of aryl methyl sites for hydroxylation is 1. The van der Waals surface area contributed by atoms with Gasteiger partial charge in [-0.3, -0.25) is 0 Å². The summed E-state index contributed by atoms with van der Waals surface area (Å²) in [6, 6.07) is 8.39. The molecule has 0 saturated carbocycles. The van der Waals surface area contributed by atoms with E-state index in [4.69, 9.17) is 42.6 Å². The minimum atomic E-state index is -1.93. The van der Waals surface area contributed by atoms with Gasteiger partial charge in [0.05, 0.1) is 46.6 Å². The summed E-state index contributed by atoms with van der Waals surface area (Å²) < 4.78 is 52.2. The van der Waals surface area contributed by atoms with Crippen LogP contribution in [-0.4, -0.2) is 201 Å². The van der Waals surface area contributed by atoms with E-state index in [9.17, 15) is 61.3 Å². The Morgan fingerprint density at radius 1 is 0.593 bits per heavy atom. The molecule has 6 rings (SSSR count). The first-order chi connectivity index (χ1) is 28.3. The van der Waals surface area contributed by atoms with Crippen LogP contribution in [0.4, 0.5) is 0 Å². The van der Waals surface area contributed by atoms with Gasteiger partial charge < -0.3 is 104 Å². The highest BCUT2D eigenvalue weighted by Crippen LogP contribution is 2.51. The van der Waals surface area contributed by atoms with Crippen LogP contribution in [0.25, 0.3) is 0 Å². The molecule has 2 aromatic rings. The van der Waals surface area contributed by atoms with Crippen molar-refractivity contribution in [1.29, 1.82) is 0 Å². The Balaban J connectivity index is 1.27. The molecule has 4 heterocycles. The van der Waals surface area contributed by atoms with Gasteiger partial charge >= 0.3 is 0 Å². The molecule has 21 heteroatoms. The van der Waals surface area contributed by atoms with Crippen LogP contribution in [0.15, 0.2) is 30.3 Å². The van der Waals surface area contributed by atoms with Crippen molar-refractivity contribution in [1.82, 2.24) is 0 Å². The van der Waals surface area contributed by atoms with Gasteiger partial charge in [0.1, 0.15) is 73.2 Å². The molecule has 12 N–H and O–H groups in total. The molecular formula is C38H54O21. The molecule has 21 nitrogen and oxygen atoms in total. The molecule has 0 aliphatic carbocycles. The Morgan fingerprint density at radius 2 is 1.20 bits per heavy atom. The molecule has 0 radical (unpaired) electrons. The van der Waals surface area contributed by atoms with Crippen LogP contribution in [0, 0.1) is 0 Å². The van der Waals surface area contributed by atoms with E-state index in [1.807, 2.05) is 12.1 Å². The predicted octanol–water partition coefficient (Wildman–Crippen LogP) is -4.33. The number of fused-ring (bicyclic) bond motifs is 1. The Morgan fingerprint density at radius 3 is 1.81 bits per heavy atom. The SMILES string of the molecule is COc1cc([C@@H]2Oc3c(OC)cc(CCCO)cc3[C@H]2CO)ccc1O[C@@H]1OC(CO[C@@H]2OC(CO)[C@@H](O)C(O)C2O)[C@@H](O)C(O)C1O[C@@H]1OC(CO)[C@@H](O)C(O)C1O. The second-order valence-corrected chi connectivity index (χ2v) is 14.8. The first kappa shape index (κ1) is 45.5. The van der Waals surface area contributed by atoms with Crippen molar-refractivity contribution >= 4 is 0 Å². The van der Waals surface area contributed by atoms with Crippen LogP contribution >= 0.6 is 0 Å². The second kappa shape index (κ2) is 19.8. The van der Waals surface area contributed by atoms with Gasteiger partial charge in [-0.2, -0.15) is 0 Å². The fourth-order valence-electron chi connectivity index (χ4n) is 7.63.